The maximum absolute atomic E-state index is 11.6. The van der Waals surface area contributed by atoms with E-state index >= 15 is 0 Å². The van der Waals surface area contributed by atoms with E-state index < -0.39 is 5.54 Å². The van der Waals surface area contributed by atoms with Crippen LogP contribution in [0.2, 0.25) is 5.02 Å². The molecule has 0 spiro atoms. The average molecular weight is 336 g/mol. The summed E-state index contributed by atoms with van der Waals surface area (Å²) in [4.78, 5) is 11.6. The van der Waals surface area contributed by atoms with Gasteiger partial charge < -0.3 is 11.1 Å². The number of hydrogen-bond acceptors (Lipinski definition) is 3. The fourth-order valence-corrected chi connectivity index (χ4v) is 3.61. The van der Waals surface area contributed by atoms with Crippen molar-refractivity contribution in [3.63, 3.8) is 0 Å². The molecule has 1 saturated heterocycles. The Balaban J connectivity index is 2.23. The van der Waals surface area contributed by atoms with E-state index in [1.165, 1.54) is 0 Å². The van der Waals surface area contributed by atoms with Crippen LogP contribution in [0, 0.1) is 0 Å². The second-order valence-corrected chi connectivity index (χ2v) is 6.37. The molecule has 1 aromatic carbocycles. The lowest BCUT2D eigenvalue weighted by molar-refractivity contribution is -0.121. The largest absolute Gasteiger partial charge is 0.371 e. The van der Waals surface area contributed by atoms with Crippen LogP contribution in [0.15, 0.2) is 22.7 Å². The number of hydrogen-bond donors (Lipinski definition) is 2. The Morgan fingerprint density at radius 2 is 2.35 bits per heavy atom. The first-order chi connectivity index (χ1) is 8.03. The topological polar surface area (TPSA) is 55.1 Å². The highest BCUT2D eigenvalue weighted by atomic mass is 79.9. The smallest absolute Gasteiger partial charge is 0.243 e. The number of nitrogens with one attached hydrogen (secondary N) is 1. The van der Waals surface area contributed by atoms with Gasteiger partial charge in [0.1, 0.15) is 5.54 Å². The average Bonchev–Trinajstić information content (AvgIpc) is 2.73. The highest BCUT2D eigenvalue weighted by Crippen LogP contribution is 2.33. The van der Waals surface area contributed by atoms with Crippen LogP contribution >= 0.6 is 39.3 Å². The van der Waals surface area contributed by atoms with Crippen LogP contribution in [-0.4, -0.2) is 23.0 Å². The van der Waals surface area contributed by atoms with Crippen LogP contribution in [0.3, 0.4) is 0 Å². The normalized spacial score (nSPS) is 23.6. The van der Waals surface area contributed by atoms with Crippen molar-refractivity contribution in [3.8, 4) is 0 Å². The molecule has 0 saturated carbocycles. The molecule has 3 nitrogen and oxygen atoms in total. The monoisotopic (exact) mass is 334 g/mol. The van der Waals surface area contributed by atoms with Crippen molar-refractivity contribution in [3.05, 3.63) is 27.7 Å². The SMILES string of the molecule is NC(=O)C1(Nc2ccc(Cl)c(Br)c2)CCSC1. The van der Waals surface area contributed by atoms with Gasteiger partial charge in [-0.3, -0.25) is 4.79 Å². The van der Waals surface area contributed by atoms with Crippen molar-refractivity contribution in [2.24, 2.45) is 5.73 Å². The quantitative estimate of drug-likeness (QED) is 0.893. The maximum atomic E-state index is 11.6. The standard InChI is InChI=1S/C11H12BrClN2OS/c12-8-5-7(1-2-9(8)13)15-11(10(14)16)3-4-17-6-11/h1-2,5,15H,3-4,6H2,(H2,14,16). The molecule has 0 bridgehead atoms. The molecule has 3 N–H and O–H groups in total. The van der Waals surface area contributed by atoms with Crippen molar-refractivity contribution in [2.75, 3.05) is 16.8 Å². The molecule has 1 atom stereocenters. The summed E-state index contributed by atoms with van der Waals surface area (Å²) >= 11 is 11.0. The fourth-order valence-electron chi connectivity index (χ4n) is 1.77. The molecule has 1 aromatic rings. The van der Waals surface area contributed by atoms with Crippen molar-refractivity contribution >= 4 is 50.9 Å². The Hall–Kier alpha value is -0.390. The first-order valence-corrected chi connectivity index (χ1v) is 7.47. The predicted octanol–water partition coefficient (Wildman–Crippen LogP) is 2.88. The lowest BCUT2D eigenvalue weighted by atomic mass is 9.97. The Kier molecular flexibility index (Phi) is 3.90. The molecule has 1 fully saturated rings. The van der Waals surface area contributed by atoms with Crippen molar-refractivity contribution < 1.29 is 4.79 Å². The second-order valence-electron chi connectivity index (χ2n) is 4.00. The molecule has 1 amide bonds. The van der Waals surface area contributed by atoms with Gasteiger partial charge in [0.2, 0.25) is 5.91 Å². The first kappa shape index (κ1) is 13.1. The number of rotatable bonds is 3. The van der Waals surface area contributed by atoms with E-state index in [1.807, 2.05) is 12.1 Å². The molecular formula is C11H12BrClN2OS. The zero-order chi connectivity index (χ0) is 12.5. The number of carbonyl (C=O) groups is 1. The number of benzene rings is 1. The Bertz CT molecular complexity index is 449. The summed E-state index contributed by atoms with van der Waals surface area (Å²) in [6.07, 6.45) is 0.757. The minimum Gasteiger partial charge on any atom is -0.371 e. The molecule has 1 heterocycles. The van der Waals surface area contributed by atoms with Gasteiger partial charge in [0, 0.05) is 15.9 Å². The van der Waals surface area contributed by atoms with Gasteiger partial charge in [-0.2, -0.15) is 11.8 Å². The fraction of sp³-hybridized carbons (Fsp3) is 0.364. The van der Waals surface area contributed by atoms with Gasteiger partial charge in [-0.05, 0) is 46.3 Å². The molecule has 1 aliphatic heterocycles. The number of amides is 1. The molecule has 0 aliphatic carbocycles. The van der Waals surface area contributed by atoms with Gasteiger partial charge in [0.05, 0.1) is 5.02 Å². The van der Waals surface area contributed by atoms with Gasteiger partial charge in [-0.25, -0.2) is 0 Å². The molecule has 0 aromatic heterocycles. The van der Waals surface area contributed by atoms with E-state index in [1.54, 1.807) is 17.8 Å². The highest BCUT2D eigenvalue weighted by molar-refractivity contribution is 9.10. The predicted molar refractivity (Wildman–Crippen MR) is 76.6 cm³/mol. The van der Waals surface area contributed by atoms with Gasteiger partial charge in [0.25, 0.3) is 0 Å². The highest BCUT2D eigenvalue weighted by Gasteiger charge is 2.40. The first-order valence-electron chi connectivity index (χ1n) is 5.14. The van der Waals surface area contributed by atoms with Gasteiger partial charge in [-0.15, -0.1) is 0 Å². The van der Waals surface area contributed by atoms with E-state index in [9.17, 15) is 4.79 Å². The van der Waals surface area contributed by atoms with Gasteiger partial charge in [-0.1, -0.05) is 11.6 Å². The van der Waals surface area contributed by atoms with E-state index in [0.29, 0.717) is 10.8 Å². The molecule has 6 heteroatoms. The zero-order valence-corrected chi connectivity index (χ0v) is 12.2. The van der Waals surface area contributed by atoms with Crippen molar-refractivity contribution in [1.29, 1.82) is 0 Å². The molecule has 17 heavy (non-hydrogen) atoms. The molecular weight excluding hydrogens is 324 g/mol. The third-order valence-corrected chi connectivity index (χ3v) is 5.20. The zero-order valence-electron chi connectivity index (χ0n) is 9.00. The summed E-state index contributed by atoms with van der Waals surface area (Å²) in [5, 5.41) is 3.88. The van der Waals surface area contributed by atoms with Crippen molar-refractivity contribution in [1.82, 2.24) is 0 Å². The number of carbonyl (C=O) groups excluding carboxylic acids is 1. The summed E-state index contributed by atoms with van der Waals surface area (Å²) in [6, 6.07) is 5.49. The number of halogens is 2. The Morgan fingerprint density at radius 3 is 2.88 bits per heavy atom. The van der Waals surface area contributed by atoms with Crippen LogP contribution in [-0.2, 0) is 4.79 Å². The van der Waals surface area contributed by atoms with Crippen LogP contribution in [0.4, 0.5) is 5.69 Å². The second kappa shape index (κ2) is 5.08. The number of primary amides is 1. The molecule has 1 unspecified atom stereocenters. The third kappa shape index (κ3) is 2.72. The van der Waals surface area contributed by atoms with Crippen LogP contribution < -0.4 is 11.1 Å². The van der Waals surface area contributed by atoms with Crippen LogP contribution in [0.1, 0.15) is 6.42 Å². The summed E-state index contributed by atoms with van der Waals surface area (Å²) < 4.78 is 0.800. The lowest BCUT2D eigenvalue weighted by Gasteiger charge is -2.27. The molecule has 92 valence electrons. The van der Waals surface area contributed by atoms with E-state index in [0.717, 1.165) is 22.3 Å². The number of nitrogens with two attached hydrogens (primary N) is 1. The summed E-state index contributed by atoms with van der Waals surface area (Å²) in [7, 11) is 0. The van der Waals surface area contributed by atoms with Crippen LogP contribution in [0.25, 0.3) is 0 Å². The Labute approximate surface area is 118 Å². The van der Waals surface area contributed by atoms with E-state index in [2.05, 4.69) is 21.2 Å². The van der Waals surface area contributed by atoms with Crippen LogP contribution in [0.5, 0.6) is 0 Å². The number of anilines is 1. The van der Waals surface area contributed by atoms with Gasteiger partial charge in [0.15, 0.2) is 0 Å². The molecule has 1 aliphatic rings. The van der Waals surface area contributed by atoms with Gasteiger partial charge >= 0.3 is 0 Å². The Morgan fingerprint density at radius 1 is 1.59 bits per heavy atom. The number of thioether (sulfide) groups is 1. The third-order valence-electron chi connectivity index (χ3n) is 2.80. The minimum atomic E-state index is -0.627. The maximum Gasteiger partial charge on any atom is 0.243 e. The summed E-state index contributed by atoms with van der Waals surface area (Å²) in [5.74, 6) is 1.36. The van der Waals surface area contributed by atoms with E-state index in [4.69, 9.17) is 17.3 Å². The molecule has 0 radical (unpaired) electrons. The molecule has 2 rings (SSSR count). The van der Waals surface area contributed by atoms with Crippen molar-refractivity contribution in [2.45, 2.75) is 12.0 Å². The minimum absolute atomic E-state index is 0.298. The lowest BCUT2D eigenvalue weighted by Crippen LogP contribution is -2.50. The summed E-state index contributed by atoms with van der Waals surface area (Å²) in [6.45, 7) is 0. The van der Waals surface area contributed by atoms with E-state index in [-0.39, 0.29) is 5.91 Å². The summed E-state index contributed by atoms with van der Waals surface area (Å²) in [5.41, 5.74) is 5.72.